The van der Waals surface area contributed by atoms with Crippen LogP contribution in [0.3, 0.4) is 0 Å². The highest BCUT2D eigenvalue weighted by Gasteiger charge is 2.22. The molecule has 0 unspecified atom stereocenters. The monoisotopic (exact) mass is 169 g/mol. The molecule has 0 saturated carbocycles. The number of rotatable bonds is 3. The molecule has 4 N–H and O–H groups in total. The third-order valence-electron chi connectivity index (χ3n) is 1.83. The molecule has 1 aromatic rings. The number of hydrogen-bond donors (Lipinski definition) is 3. The maximum Gasteiger partial charge on any atom is 0.321 e. The molecule has 0 spiro atoms. The Balaban J connectivity index is 2.71. The predicted molar refractivity (Wildman–Crippen MR) is 42.6 cm³/mol. The fourth-order valence-electron chi connectivity index (χ4n) is 0.923. The molecule has 0 aliphatic carbocycles. The molecule has 0 bridgehead atoms. The van der Waals surface area contributed by atoms with Gasteiger partial charge in [0.1, 0.15) is 6.04 Å². The van der Waals surface area contributed by atoms with Crippen LogP contribution in [0.1, 0.15) is 18.5 Å². The van der Waals surface area contributed by atoms with Crippen LogP contribution in [-0.4, -0.2) is 27.1 Å². The lowest BCUT2D eigenvalue weighted by molar-refractivity contribution is -0.139. The van der Waals surface area contributed by atoms with E-state index < -0.39 is 12.0 Å². The number of aliphatic carboxylic acids is 1. The van der Waals surface area contributed by atoms with E-state index in [1.165, 1.54) is 6.33 Å². The zero-order chi connectivity index (χ0) is 9.14. The van der Waals surface area contributed by atoms with Crippen LogP contribution in [0.5, 0.6) is 0 Å². The second-order valence-electron chi connectivity index (χ2n) is 2.66. The van der Waals surface area contributed by atoms with Crippen LogP contribution in [0.25, 0.3) is 0 Å². The van der Waals surface area contributed by atoms with Crippen molar-refractivity contribution in [2.24, 2.45) is 5.73 Å². The maximum absolute atomic E-state index is 10.5. The highest BCUT2D eigenvalue weighted by Crippen LogP contribution is 2.14. The Morgan fingerprint density at radius 1 is 1.83 bits per heavy atom. The molecule has 12 heavy (non-hydrogen) atoms. The van der Waals surface area contributed by atoms with Crippen molar-refractivity contribution in [1.82, 2.24) is 9.97 Å². The van der Waals surface area contributed by atoms with E-state index in [1.807, 2.05) is 0 Å². The van der Waals surface area contributed by atoms with E-state index >= 15 is 0 Å². The molecular formula is C7H11N3O2. The minimum absolute atomic E-state index is 0.245. The molecule has 1 rings (SSSR count). The molecule has 0 radical (unpaired) electrons. The van der Waals surface area contributed by atoms with Gasteiger partial charge in [-0.15, -0.1) is 0 Å². The van der Waals surface area contributed by atoms with E-state index in [4.69, 9.17) is 10.8 Å². The minimum Gasteiger partial charge on any atom is -0.480 e. The van der Waals surface area contributed by atoms with Crippen LogP contribution >= 0.6 is 0 Å². The molecule has 0 fully saturated rings. The van der Waals surface area contributed by atoms with Crippen molar-refractivity contribution in [1.29, 1.82) is 0 Å². The summed E-state index contributed by atoms with van der Waals surface area (Å²) in [5, 5.41) is 8.59. The summed E-state index contributed by atoms with van der Waals surface area (Å²) >= 11 is 0. The molecule has 0 aliphatic heterocycles. The summed E-state index contributed by atoms with van der Waals surface area (Å²) in [5.41, 5.74) is 6.14. The summed E-state index contributed by atoms with van der Waals surface area (Å²) in [6, 6.07) is -0.884. The number of hydrogen-bond acceptors (Lipinski definition) is 3. The Morgan fingerprint density at radius 3 is 2.92 bits per heavy atom. The number of nitrogens with zero attached hydrogens (tertiary/aromatic N) is 1. The van der Waals surface area contributed by atoms with Crippen molar-refractivity contribution in [2.75, 3.05) is 0 Å². The third-order valence-corrected chi connectivity index (χ3v) is 1.83. The molecule has 0 saturated heterocycles. The van der Waals surface area contributed by atoms with Crippen LogP contribution in [0.4, 0.5) is 0 Å². The first kappa shape index (κ1) is 8.73. The molecule has 0 aliphatic rings. The van der Waals surface area contributed by atoms with Gasteiger partial charge in [0.05, 0.1) is 6.33 Å². The second-order valence-corrected chi connectivity index (χ2v) is 2.66. The fourth-order valence-corrected chi connectivity index (χ4v) is 0.923. The molecule has 0 amide bonds. The van der Waals surface area contributed by atoms with Crippen molar-refractivity contribution >= 4 is 5.97 Å². The van der Waals surface area contributed by atoms with E-state index in [-0.39, 0.29) is 5.92 Å². The zero-order valence-corrected chi connectivity index (χ0v) is 6.69. The van der Waals surface area contributed by atoms with Crippen molar-refractivity contribution in [3.05, 3.63) is 18.2 Å². The summed E-state index contributed by atoms with van der Waals surface area (Å²) in [6.45, 7) is 1.74. The number of aromatic nitrogens is 2. The van der Waals surface area contributed by atoms with E-state index in [9.17, 15) is 4.79 Å². The number of carbonyl (C=O) groups is 1. The first-order chi connectivity index (χ1) is 5.63. The first-order valence-electron chi connectivity index (χ1n) is 3.59. The van der Waals surface area contributed by atoms with E-state index in [2.05, 4.69) is 9.97 Å². The van der Waals surface area contributed by atoms with Gasteiger partial charge in [-0.25, -0.2) is 4.98 Å². The molecule has 2 atom stereocenters. The van der Waals surface area contributed by atoms with Gasteiger partial charge in [-0.1, -0.05) is 6.92 Å². The molecule has 1 heterocycles. The topological polar surface area (TPSA) is 92.0 Å². The van der Waals surface area contributed by atoms with Gasteiger partial charge in [0.2, 0.25) is 0 Å². The van der Waals surface area contributed by atoms with E-state index in [1.54, 1.807) is 13.1 Å². The maximum atomic E-state index is 10.5. The van der Waals surface area contributed by atoms with E-state index in [0.29, 0.717) is 0 Å². The van der Waals surface area contributed by atoms with E-state index in [0.717, 1.165) is 5.69 Å². The Morgan fingerprint density at radius 2 is 2.50 bits per heavy atom. The van der Waals surface area contributed by atoms with Gasteiger partial charge in [-0.2, -0.15) is 0 Å². The quantitative estimate of drug-likeness (QED) is 0.590. The molecule has 5 nitrogen and oxygen atoms in total. The Labute approximate surface area is 69.6 Å². The predicted octanol–water partition coefficient (Wildman–Crippen LogP) is -0.0749. The van der Waals surface area contributed by atoms with Crippen molar-refractivity contribution < 1.29 is 9.90 Å². The summed E-state index contributed by atoms with van der Waals surface area (Å²) < 4.78 is 0. The summed E-state index contributed by atoms with van der Waals surface area (Å²) in [7, 11) is 0. The normalized spacial score (nSPS) is 15.5. The van der Waals surface area contributed by atoms with Crippen molar-refractivity contribution in [2.45, 2.75) is 18.9 Å². The van der Waals surface area contributed by atoms with Gasteiger partial charge in [-0.05, 0) is 0 Å². The van der Waals surface area contributed by atoms with Gasteiger partial charge in [0.15, 0.2) is 0 Å². The van der Waals surface area contributed by atoms with Crippen LogP contribution in [0, 0.1) is 0 Å². The van der Waals surface area contributed by atoms with Gasteiger partial charge in [-0.3, -0.25) is 4.79 Å². The van der Waals surface area contributed by atoms with Crippen LogP contribution in [0.15, 0.2) is 12.5 Å². The van der Waals surface area contributed by atoms with Gasteiger partial charge < -0.3 is 15.8 Å². The third kappa shape index (κ3) is 1.62. The summed E-state index contributed by atoms with van der Waals surface area (Å²) in [6.07, 6.45) is 3.08. The number of carboxylic acid groups (broad SMARTS) is 1. The van der Waals surface area contributed by atoms with Gasteiger partial charge in [0, 0.05) is 17.8 Å². The van der Waals surface area contributed by atoms with Crippen LogP contribution in [-0.2, 0) is 4.79 Å². The number of nitrogens with two attached hydrogens (primary N) is 1. The Kier molecular flexibility index (Phi) is 2.44. The highest BCUT2D eigenvalue weighted by molar-refractivity contribution is 5.74. The largest absolute Gasteiger partial charge is 0.480 e. The Hall–Kier alpha value is -1.36. The standard InChI is InChI=1S/C7H11N3O2/c1-4(6(8)7(11)12)5-2-9-3-10-5/h2-4,6H,8H2,1H3,(H,9,10)(H,11,12)/t4-,6+/m0/s1. The molecule has 0 aromatic carbocycles. The zero-order valence-electron chi connectivity index (χ0n) is 6.69. The van der Waals surface area contributed by atoms with Crippen molar-refractivity contribution in [3.63, 3.8) is 0 Å². The minimum atomic E-state index is -1.00. The van der Waals surface area contributed by atoms with Crippen molar-refractivity contribution in [3.8, 4) is 0 Å². The number of H-pyrrole nitrogens is 1. The average Bonchev–Trinajstić information content (AvgIpc) is 2.53. The summed E-state index contributed by atoms with van der Waals surface area (Å²) in [4.78, 5) is 17.1. The smallest absolute Gasteiger partial charge is 0.321 e. The number of carboxylic acids is 1. The SMILES string of the molecule is C[C@@H](c1cnc[nH]1)[C@@H](N)C(=O)O. The van der Waals surface area contributed by atoms with Crippen LogP contribution in [0.2, 0.25) is 0 Å². The van der Waals surface area contributed by atoms with Gasteiger partial charge >= 0.3 is 5.97 Å². The Bertz CT molecular complexity index is 258. The number of aromatic amines is 1. The lowest BCUT2D eigenvalue weighted by Crippen LogP contribution is -2.35. The van der Waals surface area contributed by atoms with Gasteiger partial charge in [0.25, 0.3) is 0 Å². The molecular weight excluding hydrogens is 158 g/mol. The molecule has 1 aromatic heterocycles. The van der Waals surface area contributed by atoms with Crippen LogP contribution < -0.4 is 5.73 Å². The molecule has 66 valence electrons. The number of nitrogens with one attached hydrogen (secondary N) is 1. The highest BCUT2D eigenvalue weighted by atomic mass is 16.4. The first-order valence-corrected chi connectivity index (χ1v) is 3.59. The lowest BCUT2D eigenvalue weighted by atomic mass is 10.0. The lowest BCUT2D eigenvalue weighted by Gasteiger charge is -2.13. The summed E-state index contributed by atoms with van der Waals surface area (Å²) in [5.74, 6) is -1.25. The fraction of sp³-hybridized carbons (Fsp3) is 0.429. The molecule has 5 heteroatoms. The number of imidazole rings is 1. The second kappa shape index (κ2) is 3.36. The average molecular weight is 169 g/mol.